The molecule has 2 aromatic carbocycles. The highest BCUT2D eigenvalue weighted by atomic mass is 32.2. The van der Waals surface area contributed by atoms with Crippen molar-refractivity contribution in [1.82, 2.24) is 9.97 Å². The molecule has 27 heavy (non-hydrogen) atoms. The molecule has 0 saturated carbocycles. The highest BCUT2D eigenvalue weighted by Crippen LogP contribution is 2.30. The largest absolute Gasteiger partial charge is 0.453 e. The summed E-state index contributed by atoms with van der Waals surface area (Å²) in [5.41, 5.74) is 7.78. The Bertz CT molecular complexity index is 969. The van der Waals surface area contributed by atoms with E-state index in [4.69, 9.17) is 5.73 Å². The molecule has 1 aromatic heterocycles. The van der Waals surface area contributed by atoms with Crippen LogP contribution in [0.1, 0.15) is 6.92 Å². The zero-order valence-electron chi connectivity index (χ0n) is 14.8. The average molecular weight is 385 g/mol. The van der Waals surface area contributed by atoms with Gasteiger partial charge in [0.05, 0.1) is 24.2 Å². The van der Waals surface area contributed by atoms with Gasteiger partial charge in [-0.1, -0.05) is 11.8 Å². The van der Waals surface area contributed by atoms with Gasteiger partial charge in [0, 0.05) is 15.5 Å². The van der Waals surface area contributed by atoms with Crippen LogP contribution in [0, 0.1) is 0 Å². The molecule has 0 bridgehead atoms. The number of aromatic nitrogens is 2. The van der Waals surface area contributed by atoms with E-state index in [1.807, 2.05) is 42.5 Å². The number of hydrogen-bond acceptors (Lipinski definition) is 6. The van der Waals surface area contributed by atoms with Crippen molar-refractivity contribution in [2.75, 3.05) is 17.7 Å². The number of ether oxygens (including phenoxy) is 1. The average Bonchev–Trinajstić information content (AvgIpc) is 3.04. The number of carbonyl (C=O) groups is 2. The molecule has 140 valence electrons. The lowest BCUT2D eigenvalue weighted by molar-refractivity contribution is -0.117. The summed E-state index contributed by atoms with van der Waals surface area (Å²) in [4.78, 5) is 32.2. The molecule has 5 N–H and O–H groups in total. The lowest BCUT2D eigenvalue weighted by atomic mass is 10.3. The smallest absolute Gasteiger partial charge is 0.413 e. The molecule has 0 aliphatic rings. The van der Waals surface area contributed by atoms with Gasteiger partial charge in [0.1, 0.15) is 0 Å². The minimum Gasteiger partial charge on any atom is -0.453 e. The summed E-state index contributed by atoms with van der Waals surface area (Å²) < 4.78 is 4.55. The minimum absolute atomic E-state index is 0.225. The quantitative estimate of drug-likeness (QED) is 0.535. The summed E-state index contributed by atoms with van der Waals surface area (Å²) in [7, 11) is 1.29. The zero-order chi connectivity index (χ0) is 19.4. The first kappa shape index (κ1) is 18.7. The predicted octanol–water partition coefficient (Wildman–Crippen LogP) is 3.18. The van der Waals surface area contributed by atoms with Gasteiger partial charge in [-0.2, -0.15) is 0 Å². The van der Waals surface area contributed by atoms with Gasteiger partial charge in [0.25, 0.3) is 0 Å². The number of nitrogens with two attached hydrogens (primary N) is 1. The first-order chi connectivity index (χ1) is 12.9. The molecule has 0 fully saturated rings. The normalized spacial score (nSPS) is 11.8. The molecule has 1 atom stereocenters. The van der Waals surface area contributed by atoms with Crippen molar-refractivity contribution in [3.63, 3.8) is 0 Å². The number of aromatic amines is 1. The van der Waals surface area contributed by atoms with Crippen molar-refractivity contribution in [2.24, 2.45) is 5.73 Å². The van der Waals surface area contributed by atoms with Crippen molar-refractivity contribution >= 4 is 46.4 Å². The van der Waals surface area contributed by atoms with Crippen LogP contribution in [0.25, 0.3) is 11.0 Å². The van der Waals surface area contributed by atoms with Gasteiger partial charge in [-0.05, 0) is 49.4 Å². The van der Waals surface area contributed by atoms with Gasteiger partial charge < -0.3 is 20.8 Å². The molecule has 0 radical (unpaired) electrons. The molecule has 1 heterocycles. The van der Waals surface area contributed by atoms with E-state index in [9.17, 15) is 9.59 Å². The Labute approximate surface area is 159 Å². The fourth-order valence-electron chi connectivity index (χ4n) is 2.26. The minimum atomic E-state index is -0.583. The van der Waals surface area contributed by atoms with E-state index < -0.39 is 12.1 Å². The van der Waals surface area contributed by atoms with E-state index in [-0.39, 0.29) is 5.91 Å². The standard InChI is InChI=1S/C18H19N5O3S/c1-10(19)16(24)20-11-3-5-12(6-4-11)27-13-7-8-14-15(9-13)22-17(21-14)23-18(25)26-2/h3-10H,19H2,1-2H3,(H,20,24)(H2,21,22,23,25). The number of fused-ring (bicyclic) bond motifs is 1. The Kier molecular flexibility index (Phi) is 5.63. The van der Waals surface area contributed by atoms with E-state index in [1.165, 1.54) is 7.11 Å². The third-order valence-corrected chi connectivity index (χ3v) is 4.63. The van der Waals surface area contributed by atoms with Crippen LogP contribution in [-0.2, 0) is 9.53 Å². The van der Waals surface area contributed by atoms with Crippen molar-refractivity contribution in [1.29, 1.82) is 0 Å². The zero-order valence-corrected chi connectivity index (χ0v) is 15.6. The highest BCUT2D eigenvalue weighted by Gasteiger charge is 2.09. The topological polar surface area (TPSA) is 122 Å². The molecule has 0 saturated heterocycles. The molecule has 0 aliphatic heterocycles. The van der Waals surface area contributed by atoms with Crippen LogP contribution >= 0.6 is 11.8 Å². The first-order valence-electron chi connectivity index (χ1n) is 8.13. The lowest BCUT2D eigenvalue weighted by Gasteiger charge is -2.08. The molecule has 0 spiro atoms. The van der Waals surface area contributed by atoms with Gasteiger partial charge in [0.15, 0.2) is 0 Å². The summed E-state index contributed by atoms with van der Waals surface area (Å²) in [6, 6.07) is 12.7. The van der Waals surface area contributed by atoms with Crippen LogP contribution in [0.4, 0.5) is 16.4 Å². The Balaban J connectivity index is 1.70. The van der Waals surface area contributed by atoms with Gasteiger partial charge >= 0.3 is 6.09 Å². The van der Waals surface area contributed by atoms with E-state index in [0.717, 1.165) is 20.8 Å². The molecular weight excluding hydrogens is 366 g/mol. The van der Waals surface area contributed by atoms with Crippen LogP contribution < -0.4 is 16.4 Å². The number of nitrogens with one attached hydrogen (secondary N) is 3. The van der Waals surface area contributed by atoms with Crippen molar-refractivity contribution in [3.05, 3.63) is 42.5 Å². The SMILES string of the molecule is COC(=O)Nc1nc2ccc(Sc3ccc(NC(=O)C(C)N)cc3)cc2[nH]1. The maximum atomic E-state index is 11.6. The van der Waals surface area contributed by atoms with E-state index >= 15 is 0 Å². The van der Waals surface area contributed by atoms with Gasteiger partial charge in [-0.25, -0.2) is 9.78 Å². The van der Waals surface area contributed by atoms with E-state index in [0.29, 0.717) is 11.6 Å². The summed E-state index contributed by atoms with van der Waals surface area (Å²) in [6.07, 6.45) is -0.583. The number of hydrogen-bond donors (Lipinski definition) is 4. The van der Waals surface area contributed by atoms with Crippen molar-refractivity contribution in [3.8, 4) is 0 Å². The van der Waals surface area contributed by atoms with Crippen LogP contribution in [0.5, 0.6) is 0 Å². The molecular formula is C18H19N5O3S. The summed E-state index contributed by atoms with van der Waals surface area (Å²) >= 11 is 1.57. The number of imidazole rings is 1. The third-order valence-electron chi connectivity index (χ3n) is 3.63. The third kappa shape index (κ3) is 4.78. The Hall–Kier alpha value is -3.04. The van der Waals surface area contributed by atoms with Gasteiger partial charge in [0.2, 0.25) is 11.9 Å². The molecule has 2 amide bonds. The summed E-state index contributed by atoms with van der Waals surface area (Å²) in [6.45, 7) is 1.64. The van der Waals surface area contributed by atoms with Crippen LogP contribution in [-0.4, -0.2) is 35.1 Å². The number of methoxy groups -OCH3 is 1. The molecule has 0 aliphatic carbocycles. The second-order valence-corrected chi connectivity index (χ2v) is 6.93. The highest BCUT2D eigenvalue weighted by molar-refractivity contribution is 7.99. The Morgan fingerprint density at radius 1 is 1.15 bits per heavy atom. The van der Waals surface area contributed by atoms with Gasteiger partial charge in [-0.3, -0.25) is 10.1 Å². The number of amides is 2. The Morgan fingerprint density at radius 2 is 1.85 bits per heavy atom. The second-order valence-electron chi connectivity index (χ2n) is 5.79. The monoisotopic (exact) mass is 385 g/mol. The number of benzene rings is 2. The van der Waals surface area contributed by atoms with E-state index in [2.05, 4.69) is 25.3 Å². The lowest BCUT2D eigenvalue weighted by Crippen LogP contribution is -2.32. The summed E-state index contributed by atoms with van der Waals surface area (Å²) in [5, 5.41) is 5.25. The number of carbonyl (C=O) groups excluding carboxylic acids is 2. The molecule has 1 unspecified atom stereocenters. The van der Waals surface area contributed by atoms with Crippen molar-refractivity contribution < 1.29 is 14.3 Å². The maximum absolute atomic E-state index is 11.6. The number of H-pyrrole nitrogens is 1. The maximum Gasteiger partial charge on any atom is 0.413 e. The molecule has 3 aromatic rings. The fraction of sp³-hybridized carbons (Fsp3) is 0.167. The number of rotatable bonds is 5. The number of nitrogens with zero attached hydrogens (tertiary/aromatic N) is 1. The first-order valence-corrected chi connectivity index (χ1v) is 8.95. The van der Waals surface area contributed by atoms with Crippen molar-refractivity contribution in [2.45, 2.75) is 22.8 Å². The molecule has 8 nitrogen and oxygen atoms in total. The predicted molar refractivity (Wildman–Crippen MR) is 105 cm³/mol. The summed E-state index contributed by atoms with van der Waals surface area (Å²) in [5.74, 6) is 0.102. The number of anilines is 2. The Morgan fingerprint density at radius 3 is 2.52 bits per heavy atom. The fourth-order valence-corrected chi connectivity index (χ4v) is 3.11. The second kappa shape index (κ2) is 8.11. The molecule has 9 heteroatoms. The van der Waals surface area contributed by atoms with Crippen LogP contribution in [0.15, 0.2) is 52.3 Å². The van der Waals surface area contributed by atoms with Crippen LogP contribution in [0.2, 0.25) is 0 Å². The van der Waals surface area contributed by atoms with Crippen LogP contribution in [0.3, 0.4) is 0 Å². The van der Waals surface area contributed by atoms with E-state index in [1.54, 1.807) is 18.7 Å². The van der Waals surface area contributed by atoms with Gasteiger partial charge in [-0.15, -0.1) is 0 Å². The molecule has 3 rings (SSSR count).